The van der Waals surface area contributed by atoms with Crippen molar-refractivity contribution in [3.8, 4) is 0 Å². The fourth-order valence-corrected chi connectivity index (χ4v) is 1.64. The van der Waals surface area contributed by atoms with Crippen LogP contribution in [0.3, 0.4) is 0 Å². The fraction of sp³-hybridized carbons (Fsp3) is 0.538. The summed E-state index contributed by atoms with van der Waals surface area (Å²) >= 11 is 0. The summed E-state index contributed by atoms with van der Waals surface area (Å²) in [5.74, 6) is -1.63. The Bertz CT molecular complexity index is 357. The Kier molecular flexibility index (Phi) is 5.51. The number of hydrogen-bond donors (Lipinski definition) is 2. The third-order valence-corrected chi connectivity index (χ3v) is 2.85. The number of aliphatic hydroxyl groups excluding tert-OH is 1. The van der Waals surface area contributed by atoms with Crippen LogP contribution < -0.4 is 5.32 Å². The average molecular weight is 243 g/mol. The molecule has 0 radical (unpaired) electrons. The van der Waals surface area contributed by atoms with Gasteiger partial charge in [-0.3, -0.25) is 0 Å². The van der Waals surface area contributed by atoms with Gasteiger partial charge in [-0.15, -0.1) is 0 Å². The number of halogens is 2. The number of hydrogen-bond acceptors (Lipinski definition) is 2. The van der Waals surface area contributed by atoms with Crippen molar-refractivity contribution in [2.24, 2.45) is 0 Å². The first-order valence-corrected chi connectivity index (χ1v) is 5.91. The van der Waals surface area contributed by atoms with Crippen LogP contribution >= 0.6 is 0 Å². The molecule has 0 amide bonds. The molecule has 17 heavy (non-hydrogen) atoms. The van der Waals surface area contributed by atoms with Crippen LogP contribution in [0.15, 0.2) is 18.2 Å². The predicted molar refractivity (Wildman–Crippen MR) is 63.7 cm³/mol. The van der Waals surface area contributed by atoms with Gasteiger partial charge in [0.15, 0.2) is 11.6 Å². The molecule has 0 aliphatic rings. The standard InChI is InChI=1S/C13H19F2NO/c1-3-10(17)7-8-16-9(2)11-5-4-6-12(14)13(11)15/h4-6,9-10,16-17H,3,7-8H2,1-2H3. The van der Waals surface area contributed by atoms with Crippen molar-refractivity contribution in [2.45, 2.75) is 38.8 Å². The summed E-state index contributed by atoms with van der Waals surface area (Å²) in [6, 6.07) is 3.89. The third-order valence-electron chi connectivity index (χ3n) is 2.85. The molecule has 0 saturated carbocycles. The van der Waals surface area contributed by atoms with Crippen molar-refractivity contribution in [2.75, 3.05) is 6.54 Å². The topological polar surface area (TPSA) is 32.3 Å². The fourth-order valence-electron chi connectivity index (χ4n) is 1.64. The normalized spacial score (nSPS) is 14.6. The Hall–Kier alpha value is -1.00. The van der Waals surface area contributed by atoms with Gasteiger partial charge in [0.25, 0.3) is 0 Å². The van der Waals surface area contributed by atoms with Crippen molar-refractivity contribution in [1.29, 1.82) is 0 Å². The van der Waals surface area contributed by atoms with E-state index in [9.17, 15) is 13.9 Å². The smallest absolute Gasteiger partial charge is 0.163 e. The molecule has 0 heterocycles. The molecule has 1 aromatic rings. The summed E-state index contributed by atoms with van der Waals surface area (Å²) in [6.45, 7) is 4.25. The van der Waals surface area contributed by atoms with Gasteiger partial charge in [-0.05, 0) is 32.4 Å². The molecule has 2 atom stereocenters. The van der Waals surface area contributed by atoms with Crippen LogP contribution in [0.2, 0.25) is 0 Å². The largest absolute Gasteiger partial charge is 0.393 e. The number of aliphatic hydroxyl groups is 1. The van der Waals surface area contributed by atoms with Crippen LogP contribution in [0.5, 0.6) is 0 Å². The van der Waals surface area contributed by atoms with E-state index in [2.05, 4.69) is 5.32 Å². The first kappa shape index (κ1) is 14.1. The maximum Gasteiger partial charge on any atom is 0.163 e. The Morgan fingerprint density at radius 2 is 2.06 bits per heavy atom. The quantitative estimate of drug-likeness (QED) is 0.805. The van der Waals surface area contributed by atoms with Gasteiger partial charge in [-0.25, -0.2) is 8.78 Å². The highest BCUT2D eigenvalue weighted by atomic mass is 19.2. The lowest BCUT2D eigenvalue weighted by Gasteiger charge is -2.16. The lowest BCUT2D eigenvalue weighted by molar-refractivity contribution is 0.158. The minimum absolute atomic E-state index is 0.269. The Balaban J connectivity index is 2.52. The van der Waals surface area contributed by atoms with Crippen molar-refractivity contribution in [3.63, 3.8) is 0 Å². The first-order chi connectivity index (χ1) is 8.06. The van der Waals surface area contributed by atoms with Crippen LogP contribution in [0.25, 0.3) is 0 Å². The first-order valence-electron chi connectivity index (χ1n) is 5.91. The van der Waals surface area contributed by atoms with E-state index in [1.54, 1.807) is 13.0 Å². The van der Waals surface area contributed by atoms with Crippen LogP contribution in [0.1, 0.15) is 38.3 Å². The molecular weight excluding hydrogens is 224 g/mol. The summed E-state index contributed by atoms with van der Waals surface area (Å²) in [5.41, 5.74) is 0.316. The van der Waals surface area contributed by atoms with E-state index in [0.717, 1.165) is 6.07 Å². The van der Waals surface area contributed by atoms with E-state index in [4.69, 9.17) is 0 Å². The van der Waals surface area contributed by atoms with E-state index in [-0.39, 0.29) is 12.1 Å². The van der Waals surface area contributed by atoms with Crippen LogP contribution in [-0.2, 0) is 0 Å². The lowest BCUT2D eigenvalue weighted by atomic mass is 10.1. The molecule has 0 spiro atoms. The van der Waals surface area contributed by atoms with Crippen LogP contribution in [0.4, 0.5) is 8.78 Å². The van der Waals surface area contributed by atoms with Gasteiger partial charge in [-0.1, -0.05) is 19.1 Å². The number of nitrogens with one attached hydrogen (secondary N) is 1. The molecule has 0 aliphatic heterocycles. The van der Waals surface area contributed by atoms with Crippen molar-refractivity contribution in [1.82, 2.24) is 5.32 Å². The molecule has 4 heteroatoms. The second-order valence-electron chi connectivity index (χ2n) is 4.17. The zero-order valence-corrected chi connectivity index (χ0v) is 10.2. The zero-order valence-electron chi connectivity index (χ0n) is 10.2. The van der Waals surface area contributed by atoms with Gasteiger partial charge in [0.1, 0.15) is 0 Å². The minimum atomic E-state index is -0.829. The maximum absolute atomic E-state index is 13.4. The van der Waals surface area contributed by atoms with E-state index >= 15 is 0 Å². The highest BCUT2D eigenvalue weighted by Crippen LogP contribution is 2.18. The summed E-state index contributed by atoms with van der Waals surface area (Å²) in [6.07, 6.45) is 0.967. The molecule has 96 valence electrons. The predicted octanol–water partition coefficient (Wildman–Crippen LogP) is 2.78. The average Bonchev–Trinajstić information content (AvgIpc) is 2.32. The van der Waals surface area contributed by atoms with Gasteiger partial charge in [0, 0.05) is 11.6 Å². The molecule has 1 rings (SSSR count). The second-order valence-corrected chi connectivity index (χ2v) is 4.17. The van der Waals surface area contributed by atoms with Gasteiger partial charge >= 0.3 is 0 Å². The van der Waals surface area contributed by atoms with Crippen LogP contribution in [0, 0.1) is 11.6 Å². The van der Waals surface area contributed by atoms with E-state index in [1.165, 1.54) is 6.07 Å². The summed E-state index contributed by atoms with van der Waals surface area (Å²) in [7, 11) is 0. The molecule has 2 nitrogen and oxygen atoms in total. The Labute approximate surface area is 101 Å². The molecule has 0 saturated heterocycles. The minimum Gasteiger partial charge on any atom is -0.393 e. The van der Waals surface area contributed by atoms with Crippen molar-refractivity contribution in [3.05, 3.63) is 35.4 Å². The van der Waals surface area contributed by atoms with E-state index in [0.29, 0.717) is 24.9 Å². The summed E-state index contributed by atoms with van der Waals surface area (Å²) in [4.78, 5) is 0. The Morgan fingerprint density at radius 1 is 1.35 bits per heavy atom. The molecule has 0 aliphatic carbocycles. The van der Waals surface area contributed by atoms with Gasteiger partial charge in [-0.2, -0.15) is 0 Å². The highest BCUT2D eigenvalue weighted by molar-refractivity contribution is 5.21. The Morgan fingerprint density at radius 3 is 2.71 bits per heavy atom. The molecule has 2 unspecified atom stereocenters. The van der Waals surface area contributed by atoms with E-state index in [1.807, 2.05) is 6.92 Å². The third kappa shape index (κ3) is 4.06. The van der Waals surface area contributed by atoms with Crippen molar-refractivity contribution >= 4 is 0 Å². The lowest BCUT2D eigenvalue weighted by Crippen LogP contribution is -2.24. The van der Waals surface area contributed by atoms with Crippen LogP contribution in [-0.4, -0.2) is 17.8 Å². The molecule has 0 bridgehead atoms. The highest BCUT2D eigenvalue weighted by Gasteiger charge is 2.13. The second kappa shape index (κ2) is 6.67. The molecule has 0 aromatic heterocycles. The van der Waals surface area contributed by atoms with Gasteiger partial charge in [0.05, 0.1) is 6.10 Å². The molecule has 2 N–H and O–H groups in total. The number of benzene rings is 1. The van der Waals surface area contributed by atoms with Gasteiger partial charge < -0.3 is 10.4 Å². The number of rotatable bonds is 6. The zero-order chi connectivity index (χ0) is 12.8. The monoisotopic (exact) mass is 243 g/mol. The maximum atomic E-state index is 13.4. The summed E-state index contributed by atoms with van der Waals surface area (Å²) in [5, 5.41) is 12.4. The van der Waals surface area contributed by atoms with Crippen molar-refractivity contribution < 1.29 is 13.9 Å². The SMILES string of the molecule is CCC(O)CCNC(C)c1cccc(F)c1F. The summed E-state index contributed by atoms with van der Waals surface area (Å²) < 4.78 is 26.4. The van der Waals surface area contributed by atoms with E-state index < -0.39 is 11.6 Å². The van der Waals surface area contributed by atoms with Gasteiger partial charge in [0.2, 0.25) is 0 Å². The molecule has 0 fully saturated rings. The molecular formula is C13H19F2NO. The molecule has 1 aromatic carbocycles.